The lowest BCUT2D eigenvalue weighted by molar-refractivity contribution is 0.378. The fourth-order valence-corrected chi connectivity index (χ4v) is 5.14. The minimum atomic E-state index is 0.182. The number of hydrogen-bond donors (Lipinski definition) is 1. The van der Waals surface area contributed by atoms with Gasteiger partial charge < -0.3 is 10.1 Å². The molecule has 0 aromatic carbocycles. The third-order valence-electron chi connectivity index (χ3n) is 3.06. The van der Waals surface area contributed by atoms with E-state index in [0.29, 0.717) is 16.4 Å². The first-order valence-corrected chi connectivity index (χ1v) is 8.13. The zero-order chi connectivity index (χ0) is 13.0. The van der Waals surface area contributed by atoms with Crippen LogP contribution in [0.3, 0.4) is 0 Å². The molecule has 0 bridgehead atoms. The average molecular weight is 285 g/mol. The highest BCUT2D eigenvalue weighted by atomic mass is 32.2. The van der Waals surface area contributed by atoms with E-state index in [0.717, 1.165) is 5.69 Å². The molecular weight excluding hydrogens is 266 g/mol. The Morgan fingerprint density at radius 3 is 2.72 bits per heavy atom. The number of hydrogen-bond acceptors (Lipinski definition) is 6. The van der Waals surface area contributed by atoms with Gasteiger partial charge in [0.05, 0.1) is 13.2 Å². The predicted octanol–water partition coefficient (Wildman–Crippen LogP) is 1.98. The van der Waals surface area contributed by atoms with E-state index in [2.05, 4.69) is 22.2 Å². The molecule has 3 atom stereocenters. The maximum atomic E-state index is 5.32. The Bertz CT molecular complexity index is 391. The van der Waals surface area contributed by atoms with Crippen molar-refractivity contribution in [2.24, 2.45) is 0 Å². The van der Waals surface area contributed by atoms with Crippen molar-refractivity contribution in [1.82, 2.24) is 15.3 Å². The van der Waals surface area contributed by atoms with Gasteiger partial charge in [0, 0.05) is 34.4 Å². The fraction of sp³-hybridized carbons (Fsp3) is 0.667. The van der Waals surface area contributed by atoms with Crippen LogP contribution in [-0.4, -0.2) is 46.1 Å². The highest BCUT2D eigenvalue weighted by Gasteiger charge is 2.33. The number of methoxy groups -OCH3 is 1. The molecule has 1 aromatic rings. The van der Waals surface area contributed by atoms with Crippen LogP contribution in [0, 0.1) is 0 Å². The lowest BCUT2D eigenvalue weighted by atomic mass is 10.1. The molecular formula is C12H19N3OS2. The summed E-state index contributed by atoms with van der Waals surface area (Å²) in [5, 5.41) is 4.48. The van der Waals surface area contributed by atoms with Crippen LogP contribution < -0.4 is 10.1 Å². The minimum Gasteiger partial charge on any atom is -0.480 e. The van der Waals surface area contributed by atoms with Gasteiger partial charge in [-0.3, -0.25) is 4.98 Å². The molecule has 2 rings (SSSR count). The van der Waals surface area contributed by atoms with Crippen molar-refractivity contribution in [2.45, 2.75) is 23.5 Å². The fourth-order valence-electron chi connectivity index (χ4n) is 2.18. The molecule has 0 saturated carbocycles. The van der Waals surface area contributed by atoms with E-state index < -0.39 is 0 Å². The molecule has 6 heteroatoms. The van der Waals surface area contributed by atoms with E-state index in [1.165, 1.54) is 11.5 Å². The van der Waals surface area contributed by atoms with E-state index in [1.54, 1.807) is 19.5 Å². The molecule has 0 spiro atoms. The van der Waals surface area contributed by atoms with Crippen molar-refractivity contribution in [3.63, 3.8) is 0 Å². The van der Waals surface area contributed by atoms with Gasteiger partial charge in [0.25, 0.3) is 0 Å². The average Bonchev–Trinajstić information content (AvgIpc) is 2.42. The number of nitrogens with one attached hydrogen (secondary N) is 1. The maximum absolute atomic E-state index is 5.32. The Balaban J connectivity index is 2.26. The molecule has 3 unspecified atom stereocenters. The van der Waals surface area contributed by atoms with Gasteiger partial charge in [-0.05, 0) is 7.05 Å². The molecule has 1 aromatic heterocycles. The summed E-state index contributed by atoms with van der Waals surface area (Å²) in [5.74, 6) is 3.05. The molecule has 1 aliphatic rings. The summed E-state index contributed by atoms with van der Waals surface area (Å²) in [4.78, 5) is 8.70. The zero-order valence-electron chi connectivity index (χ0n) is 10.9. The SMILES string of the molecule is CNC(c1nccnc1OC)C1SCCSC1C. The Morgan fingerprint density at radius 2 is 2.06 bits per heavy atom. The highest BCUT2D eigenvalue weighted by Crippen LogP contribution is 2.39. The number of nitrogens with zero attached hydrogens (tertiary/aromatic N) is 2. The van der Waals surface area contributed by atoms with Gasteiger partial charge in [-0.15, -0.1) is 0 Å². The summed E-state index contributed by atoms with van der Waals surface area (Å²) in [5.41, 5.74) is 0.911. The van der Waals surface area contributed by atoms with E-state index in [4.69, 9.17) is 4.74 Å². The number of rotatable bonds is 4. The third-order valence-corrected chi connectivity index (χ3v) is 6.25. The first kappa shape index (κ1) is 14.0. The molecule has 2 heterocycles. The molecule has 1 fully saturated rings. The van der Waals surface area contributed by atoms with Crippen LogP contribution in [0.4, 0.5) is 0 Å². The smallest absolute Gasteiger partial charge is 0.237 e. The molecule has 0 amide bonds. The molecule has 4 nitrogen and oxygen atoms in total. The Kier molecular flexibility index (Phi) is 5.14. The van der Waals surface area contributed by atoms with Gasteiger partial charge in [0.2, 0.25) is 5.88 Å². The first-order valence-electron chi connectivity index (χ1n) is 6.03. The standard InChI is InChI=1S/C12H19N3OS2/c1-8-11(18-7-6-17-8)9(13-2)10-12(16-3)15-5-4-14-10/h4-5,8-9,11,13H,6-7H2,1-3H3. The topological polar surface area (TPSA) is 47.0 Å². The molecule has 0 radical (unpaired) electrons. The van der Waals surface area contributed by atoms with Gasteiger partial charge in [-0.25, -0.2) is 4.98 Å². The van der Waals surface area contributed by atoms with Crippen molar-refractivity contribution in [3.8, 4) is 5.88 Å². The van der Waals surface area contributed by atoms with Crippen molar-refractivity contribution >= 4 is 23.5 Å². The summed E-state index contributed by atoms with van der Waals surface area (Å²) in [7, 11) is 3.62. The van der Waals surface area contributed by atoms with Crippen molar-refractivity contribution in [1.29, 1.82) is 0 Å². The largest absolute Gasteiger partial charge is 0.480 e. The van der Waals surface area contributed by atoms with Crippen LogP contribution in [0.1, 0.15) is 18.7 Å². The van der Waals surface area contributed by atoms with Crippen LogP contribution in [-0.2, 0) is 0 Å². The number of ether oxygens (including phenoxy) is 1. The Hall–Kier alpha value is -0.460. The van der Waals surface area contributed by atoms with Crippen LogP contribution in [0.5, 0.6) is 5.88 Å². The van der Waals surface area contributed by atoms with Gasteiger partial charge >= 0.3 is 0 Å². The van der Waals surface area contributed by atoms with E-state index in [9.17, 15) is 0 Å². The van der Waals surface area contributed by atoms with Gasteiger partial charge in [-0.2, -0.15) is 23.5 Å². The van der Waals surface area contributed by atoms with Gasteiger partial charge in [0.15, 0.2) is 0 Å². The minimum absolute atomic E-state index is 0.182. The molecule has 100 valence electrons. The lowest BCUT2D eigenvalue weighted by Gasteiger charge is -2.34. The second-order valence-corrected chi connectivity index (χ2v) is 6.90. The second-order valence-electron chi connectivity index (χ2n) is 4.13. The summed E-state index contributed by atoms with van der Waals surface area (Å²) < 4.78 is 5.32. The van der Waals surface area contributed by atoms with Crippen molar-refractivity contribution < 1.29 is 4.74 Å². The second kappa shape index (κ2) is 6.63. The summed E-state index contributed by atoms with van der Waals surface area (Å²) in [6, 6.07) is 0.182. The number of thioether (sulfide) groups is 2. The molecule has 1 N–H and O–H groups in total. The summed E-state index contributed by atoms with van der Waals surface area (Å²) in [6.07, 6.45) is 3.40. The summed E-state index contributed by atoms with van der Waals surface area (Å²) in [6.45, 7) is 2.29. The lowest BCUT2D eigenvalue weighted by Crippen LogP contribution is -2.37. The normalized spacial score (nSPS) is 25.7. The van der Waals surface area contributed by atoms with Crippen molar-refractivity contribution in [3.05, 3.63) is 18.1 Å². The molecule has 18 heavy (non-hydrogen) atoms. The Morgan fingerprint density at radius 1 is 1.33 bits per heavy atom. The highest BCUT2D eigenvalue weighted by molar-refractivity contribution is 8.07. The Labute approximate surface area is 117 Å². The number of aromatic nitrogens is 2. The third kappa shape index (κ3) is 2.92. The first-order chi connectivity index (χ1) is 8.77. The van der Waals surface area contributed by atoms with E-state index in [1.807, 2.05) is 30.6 Å². The van der Waals surface area contributed by atoms with Crippen LogP contribution in [0.25, 0.3) is 0 Å². The zero-order valence-corrected chi connectivity index (χ0v) is 12.6. The van der Waals surface area contributed by atoms with Crippen molar-refractivity contribution in [2.75, 3.05) is 25.7 Å². The van der Waals surface area contributed by atoms with Gasteiger partial charge in [0.1, 0.15) is 5.69 Å². The monoisotopic (exact) mass is 285 g/mol. The molecule has 0 aliphatic carbocycles. The quantitative estimate of drug-likeness (QED) is 0.913. The molecule has 1 saturated heterocycles. The van der Waals surface area contributed by atoms with E-state index in [-0.39, 0.29) is 6.04 Å². The molecule has 1 aliphatic heterocycles. The summed E-state index contributed by atoms with van der Waals surface area (Å²) >= 11 is 4.04. The van der Waals surface area contributed by atoms with Gasteiger partial charge in [-0.1, -0.05) is 6.92 Å². The van der Waals surface area contributed by atoms with Crippen LogP contribution >= 0.6 is 23.5 Å². The maximum Gasteiger partial charge on any atom is 0.237 e. The predicted molar refractivity (Wildman–Crippen MR) is 78.6 cm³/mol. The van der Waals surface area contributed by atoms with Crippen LogP contribution in [0.2, 0.25) is 0 Å². The van der Waals surface area contributed by atoms with E-state index >= 15 is 0 Å². The van der Waals surface area contributed by atoms with Crippen LogP contribution in [0.15, 0.2) is 12.4 Å².